The summed E-state index contributed by atoms with van der Waals surface area (Å²) in [4.78, 5) is 4.42. The second-order valence-corrected chi connectivity index (χ2v) is 5.72. The zero-order chi connectivity index (χ0) is 12.6. The van der Waals surface area contributed by atoms with Gasteiger partial charge in [-0.3, -0.25) is 4.98 Å². The standard InChI is InChI=1S/C14H22N2OS/c1-2-6-16-13(14-11-18-9-8-17-14)10-12-5-3-4-7-15-12/h3-5,7,13-14,16H,2,6,8-11H2,1H3. The smallest absolute Gasteiger partial charge is 0.0822 e. The van der Waals surface area contributed by atoms with E-state index in [-0.39, 0.29) is 0 Å². The minimum atomic E-state index is 0.317. The summed E-state index contributed by atoms with van der Waals surface area (Å²) < 4.78 is 5.90. The quantitative estimate of drug-likeness (QED) is 0.855. The number of hydrogen-bond donors (Lipinski definition) is 1. The molecule has 0 bridgehead atoms. The number of aromatic nitrogens is 1. The Hall–Kier alpha value is -0.580. The van der Waals surface area contributed by atoms with Gasteiger partial charge >= 0.3 is 0 Å². The molecule has 0 amide bonds. The molecule has 1 aliphatic rings. The molecule has 1 aromatic heterocycles. The molecule has 1 aliphatic heterocycles. The van der Waals surface area contributed by atoms with Gasteiger partial charge in [-0.2, -0.15) is 11.8 Å². The summed E-state index contributed by atoms with van der Waals surface area (Å²) in [5.74, 6) is 2.22. The molecule has 0 saturated carbocycles. The zero-order valence-corrected chi connectivity index (χ0v) is 11.8. The van der Waals surface area contributed by atoms with E-state index in [9.17, 15) is 0 Å². The maximum absolute atomic E-state index is 5.90. The Kier molecular flexibility index (Phi) is 5.97. The van der Waals surface area contributed by atoms with Crippen LogP contribution in [0.5, 0.6) is 0 Å². The minimum Gasteiger partial charge on any atom is -0.375 e. The number of nitrogens with one attached hydrogen (secondary N) is 1. The molecule has 0 spiro atoms. The number of thioether (sulfide) groups is 1. The SMILES string of the molecule is CCCNC(Cc1ccccn1)C1CSCCO1. The van der Waals surface area contributed by atoms with Crippen molar-refractivity contribution in [2.75, 3.05) is 24.7 Å². The normalized spacial score (nSPS) is 21.7. The summed E-state index contributed by atoms with van der Waals surface area (Å²) in [6, 6.07) is 6.49. The molecule has 0 aromatic carbocycles. The van der Waals surface area contributed by atoms with E-state index in [1.807, 2.05) is 24.0 Å². The van der Waals surface area contributed by atoms with Crippen LogP contribution in [0.3, 0.4) is 0 Å². The molecule has 2 rings (SSSR count). The fourth-order valence-electron chi connectivity index (χ4n) is 2.15. The van der Waals surface area contributed by atoms with Gasteiger partial charge in [-0.15, -0.1) is 0 Å². The van der Waals surface area contributed by atoms with Gasteiger partial charge in [0.05, 0.1) is 12.7 Å². The molecule has 1 saturated heterocycles. The van der Waals surface area contributed by atoms with Gasteiger partial charge in [0.2, 0.25) is 0 Å². The first-order chi connectivity index (χ1) is 8.90. The van der Waals surface area contributed by atoms with Crippen LogP contribution in [0, 0.1) is 0 Å². The lowest BCUT2D eigenvalue weighted by molar-refractivity contribution is 0.0469. The maximum atomic E-state index is 5.90. The van der Waals surface area contributed by atoms with Gasteiger partial charge in [-0.25, -0.2) is 0 Å². The second-order valence-electron chi connectivity index (χ2n) is 4.57. The van der Waals surface area contributed by atoms with E-state index in [1.54, 1.807) is 0 Å². The van der Waals surface area contributed by atoms with Crippen molar-refractivity contribution in [3.8, 4) is 0 Å². The van der Waals surface area contributed by atoms with E-state index in [1.165, 1.54) is 0 Å². The number of nitrogens with zero attached hydrogens (tertiary/aromatic N) is 1. The highest BCUT2D eigenvalue weighted by molar-refractivity contribution is 7.99. The monoisotopic (exact) mass is 266 g/mol. The molecular weight excluding hydrogens is 244 g/mol. The molecule has 2 heterocycles. The molecule has 100 valence electrons. The van der Waals surface area contributed by atoms with E-state index in [4.69, 9.17) is 4.74 Å². The molecule has 3 nitrogen and oxygen atoms in total. The minimum absolute atomic E-state index is 0.317. The van der Waals surface area contributed by atoms with Crippen molar-refractivity contribution in [3.05, 3.63) is 30.1 Å². The van der Waals surface area contributed by atoms with Gasteiger partial charge in [-0.1, -0.05) is 13.0 Å². The molecule has 1 N–H and O–H groups in total. The number of pyridine rings is 1. The average Bonchev–Trinajstić information content (AvgIpc) is 2.45. The van der Waals surface area contributed by atoms with Crippen molar-refractivity contribution in [1.82, 2.24) is 10.3 Å². The molecule has 4 heteroatoms. The van der Waals surface area contributed by atoms with Gasteiger partial charge in [0, 0.05) is 35.9 Å². The van der Waals surface area contributed by atoms with Crippen molar-refractivity contribution < 1.29 is 4.74 Å². The predicted octanol–water partition coefficient (Wildman–Crippen LogP) is 2.12. The Balaban J connectivity index is 1.95. The second kappa shape index (κ2) is 7.77. The highest BCUT2D eigenvalue weighted by atomic mass is 32.2. The van der Waals surface area contributed by atoms with Crippen LogP contribution < -0.4 is 5.32 Å². The van der Waals surface area contributed by atoms with Crippen molar-refractivity contribution in [2.45, 2.75) is 31.9 Å². The molecule has 0 radical (unpaired) electrons. The van der Waals surface area contributed by atoms with Crippen molar-refractivity contribution in [3.63, 3.8) is 0 Å². The zero-order valence-electron chi connectivity index (χ0n) is 11.0. The van der Waals surface area contributed by atoms with Crippen LogP contribution in [0.4, 0.5) is 0 Å². The van der Waals surface area contributed by atoms with Crippen LogP contribution in [0.2, 0.25) is 0 Å². The highest BCUT2D eigenvalue weighted by Crippen LogP contribution is 2.17. The molecular formula is C14H22N2OS. The van der Waals surface area contributed by atoms with Crippen LogP contribution in [-0.2, 0) is 11.2 Å². The van der Waals surface area contributed by atoms with Crippen molar-refractivity contribution in [1.29, 1.82) is 0 Å². The third kappa shape index (κ3) is 4.26. The third-order valence-corrected chi connectivity index (χ3v) is 4.12. The van der Waals surface area contributed by atoms with Gasteiger partial charge in [0.15, 0.2) is 0 Å². The molecule has 2 atom stereocenters. The fraction of sp³-hybridized carbons (Fsp3) is 0.643. The molecule has 2 unspecified atom stereocenters. The number of hydrogen-bond acceptors (Lipinski definition) is 4. The lowest BCUT2D eigenvalue weighted by atomic mass is 10.1. The Morgan fingerprint density at radius 1 is 1.56 bits per heavy atom. The molecule has 0 aliphatic carbocycles. The predicted molar refractivity (Wildman–Crippen MR) is 77.1 cm³/mol. The van der Waals surface area contributed by atoms with E-state index in [0.29, 0.717) is 12.1 Å². The van der Waals surface area contributed by atoms with Gasteiger partial charge in [0.1, 0.15) is 0 Å². The van der Waals surface area contributed by atoms with E-state index >= 15 is 0 Å². The average molecular weight is 266 g/mol. The summed E-state index contributed by atoms with van der Waals surface area (Å²) >= 11 is 1.99. The third-order valence-electron chi connectivity index (χ3n) is 3.10. The first kappa shape index (κ1) is 13.8. The van der Waals surface area contributed by atoms with Crippen molar-refractivity contribution in [2.24, 2.45) is 0 Å². The van der Waals surface area contributed by atoms with Crippen LogP contribution >= 0.6 is 11.8 Å². The lowest BCUT2D eigenvalue weighted by Gasteiger charge is -2.30. The van der Waals surface area contributed by atoms with Gasteiger partial charge in [0.25, 0.3) is 0 Å². The highest BCUT2D eigenvalue weighted by Gasteiger charge is 2.24. The Morgan fingerprint density at radius 3 is 3.17 bits per heavy atom. The van der Waals surface area contributed by atoms with E-state index in [2.05, 4.69) is 29.4 Å². The summed E-state index contributed by atoms with van der Waals surface area (Å²) in [7, 11) is 0. The maximum Gasteiger partial charge on any atom is 0.0822 e. The topological polar surface area (TPSA) is 34.2 Å². The summed E-state index contributed by atoms with van der Waals surface area (Å²) in [5.41, 5.74) is 1.14. The van der Waals surface area contributed by atoms with Crippen LogP contribution in [0.1, 0.15) is 19.0 Å². The molecule has 1 aromatic rings. The first-order valence-corrected chi connectivity index (χ1v) is 7.88. The summed E-state index contributed by atoms with van der Waals surface area (Å²) in [6.07, 6.45) is 4.28. The summed E-state index contributed by atoms with van der Waals surface area (Å²) in [6.45, 7) is 4.12. The fourth-order valence-corrected chi connectivity index (χ4v) is 3.09. The summed E-state index contributed by atoms with van der Waals surface area (Å²) in [5, 5.41) is 3.61. The van der Waals surface area contributed by atoms with Gasteiger partial charge in [-0.05, 0) is 25.1 Å². The van der Waals surface area contributed by atoms with Crippen LogP contribution in [-0.4, -0.2) is 41.8 Å². The lowest BCUT2D eigenvalue weighted by Crippen LogP contribution is -2.46. The van der Waals surface area contributed by atoms with Crippen LogP contribution in [0.25, 0.3) is 0 Å². The first-order valence-electron chi connectivity index (χ1n) is 6.72. The number of ether oxygens (including phenoxy) is 1. The van der Waals surface area contributed by atoms with E-state index < -0.39 is 0 Å². The Bertz CT molecular complexity index is 328. The molecule has 1 fully saturated rings. The Morgan fingerprint density at radius 2 is 2.50 bits per heavy atom. The van der Waals surface area contributed by atoms with Crippen molar-refractivity contribution >= 4 is 11.8 Å². The Labute approximate surface area is 114 Å². The molecule has 18 heavy (non-hydrogen) atoms. The van der Waals surface area contributed by atoms with Gasteiger partial charge < -0.3 is 10.1 Å². The number of rotatable bonds is 6. The van der Waals surface area contributed by atoms with E-state index in [0.717, 1.165) is 43.2 Å². The largest absolute Gasteiger partial charge is 0.375 e. The van der Waals surface area contributed by atoms with Crippen LogP contribution in [0.15, 0.2) is 24.4 Å².